The Morgan fingerprint density at radius 1 is 1.22 bits per heavy atom. The van der Waals surface area contributed by atoms with E-state index >= 15 is 0 Å². The maximum atomic E-state index is 12.8. The minimum absolute atomic E-state index is 0.0277. The molecule has 1 aromatic heterocycles. The second kappa shape index (κ2) is 7.06. The molecule has 1 aliphatic carbocycles. The van der Waals surface area contributed by atoms with Crippen LogP contribution in [-0.2, 0) is 0 Å². The van der Waals surface area contributed by atoms with Gasteiger partial charge >= 0.3 is 6.03 Å². The van der Waals surface area contributed by atoms with E-state index in [0.29, 0.717) is 18.5 Å². The van der Waals surface area contributed by atoms with Crippen LogP contribution in [0.25, 0.3) is 0 Å². The van der Waals surface area contributed by atoms with Crippen molar-refractivity contribution in [1.82, 2.24) is 15.0 Å². The molecule has 0 spiro atoms. The Labute approximate surface area is 160 Å². The summed E-state index contributed by atoms with van der Waals surface area (Å²) in [6, 6.07) is 8.35. The molecule has 0 bridgehead atoms. The molecule has 1 aliphatic heterocycles. The zero-order valence-electron chi connectivity index (χ0n) is 16.1. The zero-order chi connectivity index (χ0) is 19.0. The van der Waals surface area contributed by atoms with Crippen molar-refractivity contribution in [2.24, 2.45) is 0 Å². The Bertz CT molecular complexity index is 848. The highest BCUT2D eigenvalue weighted by molar-refractivity contribution is 5.98. The number of anilines is 4. The van der Waals surface area contributed by atoms with E-state index in [1.807, 2.05) is 30.1 Å². The molecule has 1 saturated carbocycles. The molecule has 2 amide bonds. The fourth-order valence-electron chi connectivity index (χ4n) is 3.95. The van der Waals surface area contributed by atoms with E-state index in [2.05, 4.69) is 28.3 Å². The predicted octanol–water partition coefficient (Wildman–Crippen LogP) is 4.08. The van der Waals surface area contributed by atoms with Crippen molar-refractivity contribution in [3.63, 3.8) is 0 Å². The highest BCUT2D eigenvalue weighted by Crippen LogP contribution is 2.38. The second-order valence-corrected chi connectivity index (χ2v) is 7.18. The summed E-state index contributed by atoms with van der Waals surface area (Å²) in [5.74, 6) is 1.35. The van der Waals surface area contributed by atoms with E-state index in [0.717, 1.165) is 35.6 Å². The van der Waals surface area contributed by atoms with Crippen molar-refractivity contribution in [2.75, 3.05) is 28.8 Å². The number of aromatic nitrogens is 2. The monoisotopic (exact) mass is 366 g/mol. The number of fused-ring (bicyclic) bond motifs is 1. The van der Waals surface area contributed by atoms with Crippen LogP contribution in [0.4, 0.5) is 27.9 Å². The lowest BCUT2D eigenvalue weighted by atomic mass is 10.2. The standard InChI is InChI=1S/C20H26N6O/c1-4-25-20(27)24(3)17-13-21-19(22-16-12-8-5-9-14(16)2)23-18(17)26(25)15-10-6-7-11-15/h5,8-9,12-13,15H,4,6-7,10-11H2,1-3H3,(H,21,22,23). The third-order valence-corrected chi connectivity index (χ3v) is 5.46. The number of rotatable bonds is 4. The average molecular weight is 366 g/mol. The molecule has 1 fully saturated rings. The smallest absolute Gasteiger partial charge is 0.324 e. The molecule has 2 aliphatic rings. The Hall–Kier alpha value is -2.83. The van der Waals surface area contributed by atoms with E-state index in [1.54, 1.807) is 18.1 Å². The Kier molecular flexibility index (Phi) is 4.59. The number of hydrogen-bond donors (Lipinski definition) is 1. The summed E-state index contributed by atoms with van der Waals surface area (Å²) in [5.41, 5.74) is 2.87. The van der Waals surface area contributed by atoms with E-state index < -0.39 is 0 Å². The van der Waals surface area contributed by atoms with Crippen LogP contribution < -0.4 is 15.2 Å². The molecule has 4 rings (SSSR count). The van der Waals surface area contributed by atoms with E-state index in [1.165, 1.54) is 12.8 Å². The topological polar surface area (TPSA) is 64.6 Å². The molecule has 0 atom stereocenters. The number of hydrogen-bond acceptors (Lipinski definition) is 5. The van der Waals surface area contributed by atoms with Gasteiger partial charge in [0.15, 0.2) is 5.82 Å². The number of carbonyl (C=O) groups excluding carboxylic acids is 1. The zero-order valence-corrected chi connectivity index (χ0v) is 16.1. The van der Waals surface area contributed by atoms with Crippen LogP contribution in [-0.4, -0.2) is 40.6 Å². The van der Waals surface area contributed by atoms with Gasteiger partial charge in [0, 0.05) is 19.3 Å². The summed E-state index contributed by atoms with van der Waals surface area (Å²) < 4.78 is 0. The maximum Gasteiger partial charge on any atom is 0.343 e. The number of hydrazine groups is 1. The maximum absolute atomic E-state index is 12.8. The first-order valence-electron chi connectivity index (χ1n) is 9.64. The lowest BCUT2D eigenvalue weighted by Crippen LogP contribution is -2.59. The van der Waals surface area contributed by atoms with Gasteiger partial charge in [0.05, 0.1) is 12.2 Å². The number of para-hydroxylation sites is 1. The number of aryl methyl sites for hydroxylation is 1. The van der Waals surface area contributed by atoms with Gasteiger partial charge < -0.3 is 5.32 Å². The minimum atomic E-state index is -0.0277. The first-order valence-corrected chi connectivity index (χ1v) is 9.64. The van der Waals surface area contributed by atoms with Crippen molar-refractivity contribution in [3.05, 3.63) is 36.0 Å². The highest BCUT2D eigenvalue weighted by atomic mass is 16.2. The van der Waals surface area contributed by atoms with Crippen LogP contribution in [0.15, 0.2) is 30.5 Å². The molecule has 2 aromatic rings. The van der Waals surface area contributed by atoms with Crippen LogP contribution >= 0.6 is 0 Å². The van der Waals surface area contributed by atoms with Gasteiger partial charge in [-0.25, -0.2) is 14.8 Å². The average Bonchev–Trinajstić information content (AvgIpc) is 3.20. The predicted molar refractivity (Wildman–Crippen MR) is 107 cm³/mol. The van der Waals surface area contributed by atoms with Gasteiger partial charge in [0.25, 0.3) is 0 Å². The molecule has 1 aromatic carbocycles. The van der Waals surface area contributed by atoms with Crippen molar-refractivity contribution >= 4 is 29.2 Å². The lowest BCUT2D eigenvalue weighted by molar-refractivity contribution is 0.191. The number of urea groups is 1. The van der Waals surface area contributed by atoms with Gasteiger partial charge in [-0.2, -0.15) is 4.98 Å². The lowest BCUT2D eigenvalue weighted by Gasteiger charge is -2.45. The van der Waals surface area contributed by atoms with Crippen LogP contribution in [0.1, 0.15) is 38.2 Å². The minimum Gasteiger partial charge on any atom is -0.324 e. The third-order valence-electron chi connectivity index (χ3n) is 5.46. The number of carbonyl (C=O) groups is 1. The fourth-order valence-corrected chi connectivity index (χ4v) is 3.95. The van der Waals surface area contributed by atoms with Gasteiger partial charge in [0.2, 0.25) is 5.95 Å². The molecule has 2 heterocycles. The first kappa shape index (κ1) is 17.6. The van der Waals surface area contributed by atoms with Crippen molar-refractivity contribution in [3.8, 4) is 0 Å². The van der Waals surface area contributed by atoms with Gasteiger partial charge in [0.1, 0.15) is 5.69 Å². The summed E-state index contributed by atoms with van der Waals surface area (Å²) in [7, 11) is 1.79. The summed E-state index contributed by atoms with van der Waals surface area (Å²) >= 11 is 0. The Morgan fingerprint density at radius 2 is 1.96 bits per heavy atom. The summed E-state index contributed by atoms with van der Waals surface area (Å²) in [6.07, 6.45) is 6.29. The van der Waals surface area contributed by atoms with Gasteiger partial charge in [-0.3, -0.25) is 9.91 Å². The van der Waals surface area contributed by atoms with Gasteiger partial charge in [-0.15, -0.1) is 0 Å². The van der Waals surface area contributed by atoms with Crippen molar-refractivity contribution < 1.29 is 4.79 Å². The highest BCUT2D eigenvalue weighted by Gasteiger charge is 2.39. The van der Waals surface area contributed by atoms with Gasteiger partial charge in [-0.05, 0) is 38.3 Å². The molecule has 7 nitrogen and oxygen atoms in total. The van der Waals surface area contributed by atoms with Crippen molar-refractivity contribution in [1.29, 1.82) is 0 Å². The number of benzene rings is 1. The SMILES string of the molecule is CCN1C(=O)N(C)c2cnc(Nc3ccccc3C)nc2N1C1CCCC1. The first-order chi connectivity index (χ1) is 13.1. The summed E-state index contributed by atoms with van der Waals surface area (Å²) in [6.45, 7) is 4.67. The Morgan fingerprint density at radius 3 is 2.67 bits per heavy atom. The normalized spacial score (nSPS) is 17.4. The Balaban J connectivity index is 1.75. The molecule has 1 N–H and O–H groups in total. The van der Waals surface area contributed by atoms with Gasteiger partial charge in [-0.1, -0.05) is 31.0 Å². The second-order valence-electron chi connectivity index (χ2n) is 7.18. The molecule has 142 valence electrons. The summed E-state index contributed by atoms with van der Waals surface area (Å²) in [4.78, 5) is 23.8. The summed E-state index contributed by atoms with van der Waals surface area (Å²) in [5, 5.41) is 7.24. The van der Waals surface area contributed by atoms with E-state index in [4.69, 9.17) is 4.98 Å². The molecule has 0 radical (unpaired) electrons. The molecule has 0 saturated heterocycles. The molecule has 27 heavy (non-hydrogen) atoms. The molecule has 0 unspecified atom stereocenters. The molecule has 7 heteroatoms. The number of nitrogens with one attached hydrogen (secondary N) is 1. The van der Waals surface area contributed by atoms with E-state index in [-0.39, 0.29) is 6.03 Å². The number of amides is 2. The number of nitrogens with zero attached hydrogens (tertiary/aromatic N) is 5. The molecular formula is C20H26N6O. The quantitative estimate of drug-likeness (QED) is 0.883. The van der Waals surface area contributed by atoms with Crippen LogP contribution in [0, 0.1) is 6.92 Å². The van der Waals surface area contributed by atoms with Crippen LogP contribution in [0.5, 0.6) is 0 Å². The fraction of sp³-hybridized carbons (Fsp3) is 0.450. The largest absolute Gasteiger partial charge is 0.343 e. The third kappa shape index (κ3) is 3.07. The molecular weight excluding hydrogens is 340 g/mol. The van der Waals surface area contributed by atoms with Crippen LogP contribution in [0.3, 0.4) is 0 Å². The van der Waals surface area contributed by atoms with Crippen molar-refractivity contribution in [2.45, 2.75) is 45.6 Å². The van der Waals surface area contributed by atoms with E-state index in [9.17, 15) is 4.79 Å². The van der Waals surface area contributed by atoms with Crippen LogP contribution in [0.2, 0.25) is 0 Å².